The minimum absolute atomic E-state index is 0.0335. The summed E-state index contributed by atoms with van der Waals surface area (Å²) in [6.45, 7) is 3.19. The highest BCUT2D eigenvalue weighted by molar-refractivity contribution is 5.85. The van der Waals surface area contributed by atoms with Crippen molar-refractivity contribution in [2.75, 3.05) is 45.3 Å². The first-order valence-electron chi connectivity index (χ1n) is 10.3. The number of urea groups is 1. The number of aromatic nitrogens is 2. The summed E-state index contributed by atoms with van der Waals surface area (Å²) in [4.78, 5) is 24.8. The summed E-state index contributed by atoms with van der Waals surface area (Å²) in [6.07, 6.45) is 7.18. The van der Waals surface area contributed by atoms with Crippen LogP contribution in [0.1, 0.15) is 25.7 Å². The number of hydrogen-bond donors (Lipinski definition) is 1. The number of ether oxygens (including phenoxy) is 2. The fraction of sp³-hybridized carbons (Fsp3) is 0.571. The van der Waals surface area contributed by atoms with Crippen molar-refractivity contribution >= 4 is 22.8 Å². The van der Waals surface area contributed by atoms with Gasteiger partial charge in [-0.25, -0.2) is 9.78 Å². The molecule has 1 saturated heterocycles. The predicted octanol–water partition coefficient (Wildman–Crippen LogP) is 2.43. The Hall–Kier alpha value is -2.61. The molecule has 2 amide bonds. The van der Waals surface area contributed by atoms with E-state index in [0.29, 0.717) is 0 Å². The minimum Gasteiger partial charge on any atom is -0.488 e. The van der Waals surface area contributed by atoms with Crippen LogP contribution in [0.15, 0.2) is 24.5 Å². The first-order chi connectivity index (χ1) is 14.1. The zero-order chi connectivity index (χ0) is 20.2. The summed E-state index contributed by atoms with van der Waals surface area (Å²) < 4.78 is 11.9. The standard InChI is InChI=1S/C21H29N5O3/c1-25(2)21(27)24-15-3-5-17(6-4-15)29-19-14-16(26-9-11-28-12-10-26)13-18-20(19)23-8-7-22-18/h7-8,13-15,17H,3-6,9-12H2,1-2H3,(H,24,27)/t15-,17+. The number of fused-ring (bicyclic) bond motifs is 1. The Morgan fingerprint density at radius 1 is 1.14 bits per heavy atom. The molecule has 4 rings (SSSR count). The van der Waals surface area contributed by atoms with E-state index in [1.54, 1.807) is 31.4 Å². The second-order valence-electron chi connectivity index (χ2n) is 7.90. The molecule has 2 aromatic rings. The number of morpholine rings is 1. The lowest BCUT2D eigenvalue weighted by atomic mass is 9.93. The van der Waals surface area contributed by atoms with Crippen molar-refractivity contribution in [3.8, 4) is 5.75 Å². The first-order valence-corrected chi connectivity index (χ1v) is 10.3. The molecule has 1 aliphatic carbocycles. The number of carbonyl (C=O) groups is 1. The summed E-state index contributed by atoms with van der Waals surface area (Å²) in [5.41, 5.74) is 2.74. The zero-order valence-corrected chi connectivity index (χ0v) is 17.1. The third-order valence-corrected chi connectivity index (χ3v) is 5.60. The Morgan fingerprint density at radius 2 is 1.86 bits per heavy atom. The molecule has 29 heavy (non-hydrogen) atoms. The Morgan fingerprint density at radius 3 is 2.59 bits per heavy atom. The van der Waals surface area contributed by atoms with Crippen molar-refractivity contribution < 1.29 is 14.3 Å². The SMILES string of the molecule is CN(C)C(=O)N[C@H]1CC[C@@H](Oc2cc(N3CCOCC3)cc3nccnc23)CC1. The molecule has 1 aliphatic heterocycles. The second-order valence-corrected chi connectivity index (χ2v) is 7.90. The fourth-order valence-corrected chi connectivity index (χ4v) is 3.93. The van der Waals surface area contributed by atoms with Gasteiger partial charge in [0.1, 0.15) is 11.3 Å². The highest BCUT2D eigenvalue weighted by Crippen LogP contribution is 2.32. The number of amides is 2. The minimum atomic E-state index is -0.0335. The van der Waals surface area contributed by atoms with Gasteiger partial charge in [-0.15, -0.1) is 0 Å². The quantitative estimate of drug-likeness (QED) is 0.851. The summed E-state index contributed by atoms with van der Waals surface area (Å²) in [5, 5.41) is 3.08. The molecule has 1 N–H and O–H groups in total. The highest BCUT2D eigenvalue weighted by Gasteiger charge is 2.25. The van der Waals surface area contributed by atoms with Crippen LogP contribution in [0, 0.1) is 0 Å². The largest absolute Gasteiger partial charge is 0.488 e. The van der Waals surface area contributed by atoms with Crippen LogP contribution < -0.4 is 15.0 Å². The number of anilines is 1. The average Bonchev–Trinajstić information content (AvgIpc) is 2.75. The van der Waals surface area contributed by atoms with Crippen LogP contribution in [-0.2, 0) is 4.74 Å². The molecule has 2 aliphatic rings. The van der Waals surface area contributed by atoms with Gasteiger partial charge in [0.25, 0.3) is 0 Å². The number of hydrogen-bond acceptors (Lipinski definition) is 6. The maximum atomic E-state index is 11.9. The van der Waals surface area contributed by atoms with Gasteiger partial charge < -0.3 is 24.6 Å². The van der Waals surface area contributed by atoms with E-state index >= 15 is 0 Å². The number of nitrogens with zero attached hydrogens (tertiary/aromatic N) is 4. The van der Waals surface area contributed by atoms with Crippen LogP contribution in [0.2, 0.25) is 0 Å². The van der Waals surface area contributed by atoms with E-state index in [9.17, 15) is 4.79 Å². The summed E-state index contributed by atoms with van der Waals surface area (Å²) in [5.74, 6) is 0.790. The molecule has 156 valence electrons. The number of rotatable bonds is 4. The van der Waals surface area contributed by atoms with Gasteiger partial charge in [-0.2, -0.15) is 0 Å². The summed E-state index contributed by atoms with van der Waals surface area (Å²) in [6, 6.07) is 4.34. The van der Waals surface area contributed by atoms with Crippen LogP contribution >= 0.6 is 0 Å². The monoisotopic (exact) mass is 399 g/mol. The molecule has 1 aromatic carbocycles. The van der Waals surface area contributed by atoms with Crippen LogP contribution in [-0.4, -0.2) is 73.4 Å². The first kappa shape index (κ1) is 19.7. The van der Waals surface area contributed by atoms with Crippen molar-refractivity contribution in [1.29, 1.82) is 0 Å². The van der Waals surface area contributed by atoms with Gasteiger partial charge in [-0.05, 0) is 31.7 Å². The van der Waals surface area contributed by atoms with Crippen molar-refractivity contribution in [1.82, 2.24) is 20.2 Å². The molecular weight excluding hydrogens is 370 g/mol. The third-order valence-electron chi connectivity index (χ3n) is 5.60. The highest BCUT2D eigenvalue weighted by atomic mass is 16.5. The van der Waals surface area contributed by atoms with Crippen LogP contribution in [0.25, 0.3) is 11.0 Å². The van der Waals surface area contributed by atoms with Crippen LogP contribution in [0.4, 0.5) is 10.5 Å². The molecule has 0 unspecified atom stereocenters. The van der Waals surface area contributed by atoms with Crippen LogP contribution in [0.3, 0.4) is 0 Å². The molecule has 0 spiro atoms. The Kier molecular flexibility index (Phi) is 5.99. The number of benzene rings is 1. The van der Waals surface area contributed by atoms with E-state index in [0.717, 1.165) is 74.5 Å². The van der Waals surface area contributed by atoms with Crippen molar-refractivity contribution in [3.05, 3.63) is 24.5 Å². The van der Waals surface area contributed by atoms with Crippen LogP contribution in [0.5, 0.6) is 5.75 Å². The van der Waals surface area contributed by atoms with Gasteiger partial charge in [0, 0.05) is 57.4 Å². The number of carbonyl (C=O) groups excluding carboxylic acids is 1. The normalized spacial score (nSPS) is 22.3. The number of nitrogens with one attached hydrogen (secondary N) is 1. The zero-order valence-electron chi connectivity index (χ0n) is 17.1. The van der Waals surface area contributed by atoms with Gasteiger partial charge in [-0.1, -0.05) is 0 Å². The molecule has 2 fully saturated rings. The molecule has 0 atom stereocenters. The van der Waals surface area contributed by atoms with E-state index in [4.69, 9.17) is 9.47 Å². The Bertz CT molecular complexity index is 845. The van der Waals surface area contributed by atoms with E-state index in [2.05, 4.69) is 32.3 Å². The third kappa shape index (κ3) is 4.70. The Labute approximate surface area is 171 Å². The molecule has 8 nitrogen and oxygen atoms in total. The maximum absolute atomic E-state index is 11.9. The fourth-order valence-electron chi connectivity index (χ4n) is 3.93. The Balaban J connectivity index is 1.47. The lowest BCUT2D eigenvalue weighted by Gasteiger charge is -2.31. The topological polar surface area (TPSA) is 79.8 Å². The molecule has 1 saturated carbocycles. The van der Waals surface area contributed by atoms with Gasteiger partial charge >= 0.3 is 6.03 Å². The van der Waals surface area contributed by atoms with E-state index in [-0.39, 0.29) is 18.2 Å². The van der Waals surface area contributed by atoms with Gasteiger partial charge in [0.2, 0.25) is 0 Å². The smallest absolute Gasteiger partial charge is 0.317 e. The molecule has 1 aromatic heterocycles. The average molecular weight is 399 g/mol. The summed E-state index contributed by atoms with van der Waals surface area (Å²) in [7, 11) is 3.52. The van der Waals surface area contributed by atoms with Gasteiger partial charge in [0.15, 0.2) is 0 Å². The molecule has 8 heteroatoms. The van der Waals surface area contributed by atoms with Crippen molar-refractivity contribution in [2.24, 2.45) is 0 Å². The lowest BCUT2D eigenvalue weighted by molar-refractivity contribution is 0.122. The summed E-state index contributed by atoms with van der Waals surface area (Å²) >= 11 is 0. The van der Waals surface area contributed by atoms with Gasteiger partial charge in [-0.3, -0.25) is 4.98 Å². The van der Waals surface area contributed by atoms with E-state index in [1.807, 2.05) is 0 Å². The second kappa shape index (κ2) is 8.82. The molecule has 0 bridgehead atoms. The predicted molar refractivity (Wildman–Crippen MR) is 111 cm³/mol. The van der Waals surface area contributed by atoms with Crippen molar-refractivity contribution in [2.45, 2.75) is 37.8 Å². The van der Waals surface area contributed by atoms with Crippen molar-refractivity contribution in [3.63, 3.8) is 0 Å². The molecular formula is C21H29N5O3. The van der Waals surface area contributed by atoms with E-state index in [1.165, 1.54) is 0 Å². The molecule has 2 heterocycles. The lowest BCUT2D eigenvalue weighted by Crippen LogP contribution is -2.44. The molecule has 0 radical (unpaired) electrons. The maximum Gasteiger partial charge on any atom is 0.317 e. The van der Waals surface area contributed by atoms with E-state index < -0.39 is 0 Å². The van der Waals surface area contributed by atoms with Gasteiger partial charge in [0.05, 0.1) is 24.8 Å².